The Labute approximate surface area is 367 Å². The zero-order chi connectivity index (χ0) is 41.7. The zero-order valence-electron chi connectivity index (χ0n) is 34.5. The van der Waals surface area contributed by atoms with Crippen LogP contribution in [0.5, 0.6) is 0 Å². The van der Waals surface area contributed by atoms with Crippen LogP contribution in [0.15, 0.2) is 253 Å². The molecule has 11 aromatic rings. The monoisotopic (exact) mass is 803 g/mol. The van der Waals surface area contributed by atoms with E-state index in [4.69, 9.17) is 4.42 Å². The molecule has 1 heterocycles. The first-order chi connectivity index (χ1) is 31.3. The largest absolute Gasteiger partial charge is 0.453 e. The maximum Gasteiger partial charge on any atom is 0.159 e. The quantitative estimate of drug-likeness (QED) is 0.152. The van der Waals surface area contributed by atoms with E-state index < -0.39 is 5.41 Å². The number of benzene rings is 10. The SMILES string of the molecule is c1ccc(-c2ccc(N(c3ccc(-c4cccc5c4-c4ccccc4C5(c4ccccc4)c4ccccc4)cc3)c3cccc4c3oc3c(-c5ccccc5)cccc34)cc2)cc1. The molecule has 0 N–H and O–H groups in total. The molecule has 0 saturated carbocycles. The van der Waals surface area contributed by atoms with Gasteiger partial charge in [0.2, 0.25) is 0 Å². The zero-order valence-corrected chi connectivity index (χ0v) is 34.5. The van der Waals surface area contributed by atoms with Crippen molar-refractivity contribution >= 4 is 39.0 Å². The molecule has 10 aromatic carbocycles. The van der Waals surface area contributed by atoms with E-state index in [-0.39, 0.29) is 0 Å². The van der Waals surface area contributed by atoms with Crippen LogP contribution in [0.2, 0.25) is 0 Å². The van der Waals surface area contributed by atoms with Crippen molar-refractivity contribution in [2.24, 2.45) is 0 Å². The Balaban J connectivity index is 1.03. The van der Waals surface area contributed by atoms with Gasteiger partial charge in [0.25, 0.3) is 0 Å². The second-order valence-corrected chi connectivity index (χ2v) is 16.4. The lowest BCUT2D eigenvalue weighted by atomic mass is 9.67. The third kappa shape index (κ3) is 5.87. The highest BCUT2D eigenvalue weighted by Gasteiger charge is 2.46. The summed E-state index contributed by atoms with van der Waals surface area (Å²) in [5, 5.41) is 2.19. The molecule has 0 bridgehead atoms. The maximum absolute atomic E-state index is 7.01. The number of nitrogens with zero attached hydrogens (tertiary/aromatic N) is 1. The van der Waals surface area contributed by atoms with Gasteiger partial charge in [0.15, 0.2) is 5.58 Å². The molecule has 296 valence electrons. The predicted molar refractivity (Wildman–Crippen MR) is 262 cm³/mol. The average molecular weight is 804 g/mol. The molecule has 1 aliphatic rings. The molecule has 12 rings (SSSR count). The maximum atomic E-state index is 7.01. The van der Waals surface area contributed by atoms with Crippen LogP contribution < -0.4 is 4.90 Å². The van der Waals surface area contributed by atoms with Crippen molar-refractivity contribution in [1.82, 2.24) is 0 Å². The van der Waals surface area contributed by atoms with Crippen molar-refractivity contribution in [3.63, 3.8) is 0 Å². The molecule has 1 aliphatic carbocycles. The highest BCUT2D eigenvalue weighted by atomic mass is 16.3. The number of anilines is 3. The molecule has 0 atom stereocenters. The average Bonchev–Trinajstić information content (AvgIpc) is 3.91. The number of para-hydroxylation sites is 2. The minimum Gasteiger partial charge on any atom is -0.453 e. The summed E-state index contributed by atoms with van der Waals surface area (Å²) in [4.78, 5) is 2.34. The van der Waals surface area contributed by atoms with Gasteiger partial charge in [-0.15, -0.1) is 0 Å². The number of hydrogen-bond acceptors (Lipinski definition) is 2. The Hall–Kier alpha value is -8.20. The Bertz CT molecular complexity index is 3370. The van der Waals surface area contributed by atoms with Gasteiger partial charge in [0.05, 0.1) is 11.1 Å². The van der Waals surface area contributed by atoms with Crippen LogP contribution in [-0.2, 0) is 5.41 Å². The van der Waals surface area contributed by atoms with Gasteiger partial charge < -0.3 is 9.32 Å². The van der Waals surface area contributed by atoms with Gasteiger partial charge in [-0.2, -0.15) is 0 Å². The topological polar surface area (TPSA) is 16.4 Å². The molecule has 0 spiro atoms. The standard InChI is InChI=1S/C61H41NO/c1-5-18-42(19-6-1)43-34-38-48(39-35-43)62(57-33-17-30-53-52-29-15-28-51(59(52)63-60(53)57)44-20-7-2-8-21-44)49-40-36-45(37-41-49)50-27-16-32-56-58(50)54-26-13-14-31-55(54)61(56,46-22-9-3-10-23-46)47-24-11-4-12-25-47/h1-41H. The number of furan rings is 1. The van der Waals surface area contributed by atoms with Crippen LogP contribution in [0.25, 0.3) is 66.4 Å². The number of rotatable bonds is 8. The molecular weight excluding hydrogens is 763 g/mol. The molecule has 0 unspecified atom stereocenters. The summed E-state index contributed by atoms with van der Waals surface area (Å²) in [6, 6.07) is 89.9. The van der Waals surface area contributed by atoms with Gasteiger partial charge in [-0.1, -0.05) is 218 Å². The Morgan fingerprint density at radius 2 is 0.746 bits per heavy atom. The van der Waals surface area contributed by atoms with Crippen LogP contribution in [0.3, 0.4) is 0 Å². The van der Waals surface area contributed by atoms with Gasteiger partial charge in [0, 0.05) is 27.7 Å². The van der Waals surface area contributed by atoms with Crippen molar-refractivity contribution in [3.8, 4) is 44.5 Å². The van der Waals surface area contributed by atoms with E-state index in [0.717, 1.165) is 55.7 Å². The highest BCUT2D eigenvalue weighted by Crippen LogP contribution is 2.58. The minimum absolute atomic E-state index is 0.460. The van der Waals surface area contributed by atoms with E-state index in [1.807, 2.05) is 0 Å². The molecular formula is C61H41NO. The third-order valence-corrected chi connectivity index (χ3v) is 13.0. The summed E-state index contributed by atoms with van der Waals surface area (Å²) >= 11 is 0. The second kappa shape index (κ2) is 15.1. The van der Waals surface area contributed by atoms with Crippen LogP contribution in [0.1, 0.15) is 22.3 Å². The fraction of sp³-hybridized carbons (Fsp3) is 0.0164. The van der Waals surface area contributed by atoms with E-state index in [9.17, 15) is 0 Å². The van der Waals surface area contributed by atoms with Gasteiger partial charge in [-0.3, -0.25) is 0 Å². The molecule has 2 heteroatoms. The molecule has 0 amide bonds. The number of hydrogen-bond donors (Lipinski definition) is 0. The predicted octanol–water partition coefficient (Wildman–Crippen LogP) is 16.4. The van der Waals surface area contributed by atoms with Crippen LogP contribution >= 0.6 is 0 Å². The normalized spacial score (nSPS) is 12.6. The number of fused-ring (bicyclic) bond motifs is 6. The minimum atomic E-state index is -0.460. The van der Waals surface area contributed by atoms with Crippen molar-refractivity contribution in [1.29, 1.82) is 0 Å². The molecule has 2 nitrogen and oxygen atoms in total. The third-order valence-electron chi connectivity index (χ3n) is 13.0. The first-order valence-corrected chi connectivity index (χ1v) is 21.7. The molecule has 0 radical (unpaired) electrons. The van der Waals surface area contributed by atoms with Crippen LogP contribution in [0.4, 0.5) is 17.1 Å². The van der Waals surface area contributed by atoms with Crippen LogP contribution in [-0.4, -0.2) is 0 Å². The van der Waals surface area contributed by atoms with E-state index >= 15 is 0 Å². The molecule has 0 fully saturated rings. The first-order valence-electron chi connectivity index (χ1n) is 21.7. The van der Waals surface area contributed by atoms with Gasteiger partial charge in [-0.25, -0.2) is 0 Å². The Morgan fingerprint density at radius 3 is 1.40 bits per heavy atom. The summed E-state index contributed by atoms with van der Waals surface area (Å²) in [7, 11) is 0. The van der Waals surface area contributed by atoms with Crippen molar-refractivity contribution in [2.75, 3.05) is 4.90 Å². The second-order valence-electron chi connectivity index (χ2n) is 16.4. The lowest BCUT2D eigenvalue weighted by molar-refractivity contribution is 0.670. The lowest BCUT2D eigenvalue weighted by Crippen LogP contribution is -2.28. The summed E-state index contributed by atoms with van der Waals surface area (Å²) in [5.41, 5.74) is 19.0. The van der Waals surface area contributed by atoms with Crippen molar-refractivity contribution in [3.05, 3.63) is 271 Å². The van der Waals surface area contributed by atoms with Gasteiger partial charge >= 0.3 is 0 Å². The van der Waals surface area contributed by atoms with E-state index in [0.29, 0.717) is 0 Å². The summed E-state index contributed by atoms with van der Waals surface area (Å²) in [6.07, 6.45) is 0. The molecule has 1 aromatic heterocycles. The fourth-order valence-corrected chi connectivity index (χ4v) is 10.2. The van der Waals surface area contributed by atoms with E-state index in [2.05, 4.69) is 254 Å². The summed E-state index contributed by atoms with van der Waals surface area (Å²) < 4.78 is 7.01. The Kier molecular flexibility index (Phi) is 8.76. The molecule has 0 saturated heterocycles. The van der Waals surface area contributed by atoms with E-state index in [1.165, 1.54) is 50.1 Å². The smallest absolute Gasteiger partial charge is 0.159 e. The highest BCUT2D eigenvalue weighted by molar-refractivity contribution is 6.13. The lowest BCUT2D eigenvalue weighted by Gasteiger charge is -2.34. The first kappa shape index (κ1) is 36.6. The van der Waals surface area contributed by atoms with Gasteiger partial charge in [-0.05, 0) is 91.5 Å². The Morgan fingerprint density at radius 1 is 0.302 bits per heavy atom. The molecule has 63 heavy (non-hydrogen) atoms. The van der Waals surface area contributed by atoms with Crippen LogP contribution in [0, 0.1) is 0 Å². The molecule has 0 aliphatic heterocycles. The van der Waals surface area contributed by atoms with Crippen molar-refractivity contribution < 1.29 is 4.42 Å². The van der Waals surface area contributed by atoms with E-state index in [1.54, 1.807) is 0 Å². The van der Waals surface area contributed by atoms with Gasteiger partial charge in [0.1, 0.15) is 5.58 Å². The van der Waals surface area contributed by atoms with Crippen molar-refractivity contribution in [2.45, 2.75) is 5.41 Å². The summed E-state index contributed by atoms with van der Waals surface area (Å²) in [6.45, 7) is 0. The summed E-state index contributed by atoms with van der Waals surface area (Å²) in [5.74, 6) is 0. The fourth-order valence-electron chi connectivity index (χ4n) is 10.2.